The predicted molar refractivity (Wildman–Crippen MR) is 64.7 cm³/mol. The third-order valence-corrected chi connectivity index (χ3v) is 2.55. The van der Waals surface area contributed by atoms with E-state index in [-0.39, 0.29) is 12.5 Å². The van der Waals surface area contributed by atoms with Gasteiger partial charge in [0.2, 0.25) is 0 Å². The fourth-order valence-electron chi connectivity index (χ4n) is 1.67. The first-order valence-corrected chi connectivity index (χ1v) is 5.56. The fourth-order valence-corrected chi connectivity index (χ4v) is 1.67. The van der Waals surface area contributed by atoms with Gasteiger partial charge in [-0.2, -0.15) is 0 Å². The number of amides is 2. The summed E-state index contributed by atoms with van der Waals surface area (Å²) in [5, 5.41) is 5.32. The summed E-state index contributed by atoms with van der Waals surface area (Å²) in [6, 6.07) is 5.54. The predicted octanol–water partition coefficient (Wildman–Crippen LogP) is 0.916. The molecule has 0 spiro atoms. The zero-order valence-corrected chi connectivity index (χ0v) is 9.99. The standard InChI is InChI=1S/C12H14N2O4/c1-17-12(16)13-5-4-8-2-3-10-9(6-8)14-11(15)7-18-10/h2-3,6H,4-5,7H2,1H3,(H,13,16)(H,14,15). The quantitative estimate of drug-likeness (QED) is 0.836. The molecule has 0 aliphatic carbocycles. The normalized spacial score (nSPS) is 13.1. The van der Waals surface area contributed by atoms with Crippen molar-refractivity contribution >= 4 is 17.7 Å². The van der Waals surface area contributed by atoms with Crippen LogP contribution in [0.2, 0.25) is 0 Å². The number of carbonyl (C=O) groups excluding carboxylic acids is 2. The summed E-state index contributed by atoms with van der Waals surface area (Å²) < 4.78 is 9.71. The number of fused-ring (bicyclic) bond motifs is 1. The lowest BCUT2D eigenvalue weighted by molar-refractivity contribution is -0.118. The van der Waals surface area contributed by atoms with Gasteiger partial charge in [0.15, 0.2) is 6.61 Å². The molecule has 0 atom stereocenters. The van der Waals surface area contributed by atoms with E-state index in [0.29, 0.717) is 24.4 Å². The Morgan fingerprint density at radius 3 is 3.17 bits per heavy atom. The number of methoxy groups -OCH3 is 1. The van der Waals surface area contributed by atoms with E-state index < -0.39 is 6.09 Å². The van der Waals surface area contributed by atoms with Crippen molar-refractivity contribution in [3.05, 3.63) is 23.8 Å². The molecule has 1 aromatic carbocycles. The summed E-state index contributed by atoms with van der Waals surface area (Å²) in [6.07, 6.45) is 0.197. The number of benzene rings is 1. The Kier molecular flexibility index (Phi) is 3.66. The minimum atomic E-state index is -0.454. The average Bonchev–Trinajstić information content (AvgIpc) is 2.38. The monoisotopic (exact) mass is 250 g/mol. The van der Waals surface area contributed by atoms with Crippen LogP contribution in [0.5, 0.6) is 5.75 Å². The lowest BCUT2D eigenvalue weighted by Gasteiger charge is -2.18. The molecule has 0 saturated carbocycles. The maximum Gasteiger partial charge on any atom is 0.406 e. The molecule has 0 saturated heterocycles. The van der Waals surface area contributed by atoms with E-state index in [4.69, 9.17) is 4.74 Å². The molecule has 0 fully saturated rings. The average molecular weight is 250 g/mol. The zero-order chi connectivity index (χ0) is 13.0. The Hall–Kier alpha value is -2.24. The van der Waals surface area contributed by atoms with E-state index in [0.717, 1.165) is 5.56 Å². The van der Waals surface area contributed by atoms with Crippen LogP contribution >= 0.6 is 0 Å². The van der Waals surface area contributed by atoms with Crippen molar-refractivity contribution in [3.63, 3.8) is 0 Å². The van der Waals surface area contributed by atoms with Gasteiger partial charge < -0.3 is 20.1 Å². The highest BCUT2D eigenvalue weighted by Crippen LogP contribution is 2.28. The van der Waals surface area contributed by atoms with Crippen LogP contribution in [0.3, 0.4) is 0 Å². The SMILES string of the molecule is COC(=O)NCCc1ccc2c(c1)NC(=O)CO2. The molecule has 96 valence electrons. The molecule has 1 aliphatic rings. The lowest BCUT2D eigenvalue weighted by Crippen LogP contribution is -2.26. The van der Waals surface area contributed by atoms with Crippen molar-refractivity contribution in [1.82, 2.24) is 5.32 Å². The Morgan fingerprint density at radius 1 is 1.56 bits per heavy atom. The van der Waals surface area contributed by atoms with Crippen molar-refractivity contribution in [2.75, 3.05) is 25.6 Å². The summed E-state index contributed by atoms with van der Waals surface area (Å²) >= 11 is 0. The Bertz CT molecular complexity index is 473. The molecule has 6 heteroatoms. The third-order valence-electron chi connectivity index (χ3n) is 2.55. The number of anilines is 1. The second-order valence-electron chi connectivity index (χ2n) is 3.84. The molecular weight excluding hydrogens is 236 g/mol. The van der Waals surface area contributed by atoms with Gasteiger partial charge in [-0.15, -0.1) is 0 Å². The first-order chi connectivity index (χ1) is 8.69. The molecule has 0 unspecified atom stereocenters. The Morgan fingerprint density at radius 2 is 2.39 bits per heavy atom. The first kappa shape index (κ1) is 12.2. The van der Waals surface area contributed by atoms with Gasteiger partial charge in [0.25, 0.3) is 5.91 Å². The van der Waals surface area contributed by atoms with Crippen LogP contribution in [-0.4, -0.2) is 32.3 Å². The van der Waals surface area contributed by atoms with E-state index in [1.807, 2.05) is 18.2 Å². The second kappa shape index (κ2) is 5.39. The number of hydrogen-bond donors (Lipinski definition) is 2. The molecule has 0 bridgehead atoms. The largest absolute Gasteiger partial charge is 0.482 e. The highest BCUT2D eigenvalue weighted by atomic mass is 16.5. The number of nitrogens with one attached hydrogen (secondary N) is 2. The van der Waals surface area contributed by atoms with Crippen LogP contribution in [0.4, 0.5) is 10.5 Å². The summed E-state index contributed by atoms with van der Waals surface area (Å²) in [6.45, 7) is 0.524. The minimum Gasteiger partial charge on any atom is -0.482 e. The van der Waals surface area contributed by atoms with Crippen LogP contribution in [0.25, 0.3) is 0 Å². The van der Waals surface area contributed by atoms with Gasteiger partial charge in [-0.1, -0.05) is 6.07 Å². The fraction of sp³-hybridized carbons (Fsp3) is 0.333. The van der Waals surface area contributed by atoms with Crippen LogP contribution in [0.15, 0.2) is 18.2 Å². The van der Waals surface area contributed by atoms with E-state index in [9.17, 15) is 9.59 Å². The van der Waals surface area contributed by atoms with Crippen molar-refractivity contribution in [2.45, 2.75) is 6.42 Å². The van der Waals surface area contributed by atoms with Crippen molar-refractivity contribution < 1.29 is 19.1 Å². The van der Waals surface area contributed by atoms with Crippen LogP contribution in [-0.2, 0) is 16.0 Å². The number of alkyl carbamates (subject to hydrolysis) is 1. The molecule has 18 heavy (non-hydrogen) atoms. The summed E-state index contributed by atoms with van der Waals surface area (Å²) in [4.78, 5) is 22.0. The summed E-state index contributed by atoms with van der Waals surface area (Å²) in [7, 11) is 1.32. The highest BCUT2D eigenvalue weighted by Gasteiger charge is 2.15. The number of carbonyl (C=O) groups is 2. The van der Waals surface area contributed by atoms with Gasteiger partial charge in [0.05, 0.1) is 12.8 Å². The maximum atomic E-state index is 11.2. The van der Waals surface area contributed by atoms with E-state index in [2.05, 4.69) is 15.4 Å². The lowest BCUT2D eigenvalue weighted by atomic mass is 10.1. The van der Waals surface area contributed by atoms with Gasteiger partial charge in [0, 0.05) is 6.54 Å². The van der Waals surface area contributed by atoms with E-state index >= 15 is 0 Å². The molecular formula is C12H14N2O4. The van der Waals surface area contributed by atoms with E-state index in [1.165, 1.54) is 7.11 Å². The smallest absolute Gasteiger partial charge is 0.406 e. The van der Waals surface area contributed by atoms with Gasteiger partial charge in [-0.25, -0.2) is 4.79 Å². The van der Waals surface area contributed by atoms with Gasteiger partial charge in [0.1, 0.15) is 5.75 Å². The summed E-state index contributed by atoms with van der Waals surface area (Å²) in [5.74, 6) is 0.506. The highest BCUT2D eigenvalue weighted by molar-refractivity contribution is 5.95. The number of hydrogen-bond acceptors (Lipinski definition) is 4. The topological polar surface area (TPSA) is 76.7 Å². The Balaban J connectivity index is 1.96. The molecule has 0 aromatic heterocycles. The molecule has 2 rings (SSSR count). The third kappa shape index (κ3) is 2.91. The molecule has 2 amide bonds. The molecule has 6 nitrogen and oxygen atoms in total. The molecule has 1 aliphatic heterocycles. The molecule has 2 N–H and O–H groups in total. The molecule has 1 heterocycles. The molecule has 1 aromatic rings. The van der Waals surface area contributed by atoms with Crippen LogP contribution in [0, 0.1) is 0 Å². The first-order valence-electron chi connectivity index (χ1n) is 5.56. The summed E-state index contributed by atoms with van der Waals surface area (Å²) in [5.41, 5.74) is 1.66. The second-order valence-corrected chi connectivity index (χ2v) is 3.84. The van der Waals surface area contributed by atoms with Crippen LogP contribution < -0.4 is 15.4 Å². The Labute approximate surface area is 104 Å². The van der Waals surface area contributed by atoms with E-state index in [1.54, 1.807) is 0 Å². The maximum absolute atomic E-state index is 11.2. The minimum absolute atomic E-state index is 0.0518. The van der Waals surface area contributed by atoms with Crippen molar-refractivity contribution in [3.8, 4) is 5.75 Å². The molecule has 0 radical (unpaired) electrons. The van der Waals surface area contributed by atoms with Crippen LogP contribution in [0.1, 0.15) is 5.56 Å². The van der Waals surface area contributed by atoms with Crippen molar-refractivity contribution in [2.24, 2.45) is 0 Å². The van der Waals surface area contributed by atoms with Gasteiger partial charge in [-0.3, -0.25) is 4.79 Å². The van der Waals surface area contributed by atoms with Gasteiger partial charge >= 0.3 is 6.09 Å². The zero-order valence-electron chi connectivity index (χ0n) is 9.99. The number of rotatable bonds is 3. The number of ether oxygens (including phenoxy) is 2. The van der Waals surface area contributed by atoms with Gasteiger partial charge in [-0.05, 0) is 24.1 Å². The van der Waals surface area contributed by atoms with Crippen molar-refractivity contribution in [1.29, 1.82) is 0 Å².